The van der Waals surface area contributed by atoms with Gasteiger partial charge in [0, 0.05) is 6.04 Å². The topological polar surface area (TPSA) is 49.3 Å². The number of nitrogens with one attached hydrogen (secondary N) is 1. The molecule has 0 spiro atoms. The number of fused-ring (bicyclic) bond motifs is 3. The van der Waals surface area contributed by atoms with Gasteiger partial charge in [-0.25, -0.2) is 0 Å². The maximum Gasteiger partial charge on any atom is 0.317 e. The van der Waals surface area contributed by atoms with Gasteiger partial charge in [-0.05, 0) is 35.8 Å². The molecule has 3 rings (SSSR count). The summed E-state index contributed by atoms with van der Waals surface area (Å²) in [6.07, 6.45) is 5.06. The lowest BCUT2D eigenvalue weighted by Gasteiger charge is -2.30. The fourth-order valence-electron chi connectivity index (χ4n) is 3.77. The fourth-order valence-corrected chi connectivity index (χ4v) is 3.77. The zero-order valence-corrected chi connectivity index (χ0v) is 10.4. The van der Waals surface area contributed by atoms with E-state index in [0.717, 1.165) is 0 Å². The summed E-state index contributed by atoms with van der Waals surface area (Å²) in [6.45, 7) is 0.0578. The van der Waals surface area contributed by atoms with E-state index in [1.54, 1.807) is 0 Å². The highest BCUT2D eigenvalue weighted by molar-refractivity contribution is 5.69. The van der Waals surface area contributed by atoms with E-state index in [1.165, 1.54) is 36.8 Å². The second kappa shape index (κ2) is 4.73. The maximum atomic E-state index is 10.8. The van der Waals surface area contributed by atoms with Gasteiger partial charge in [0.05, 0.1) is 6.54 Å². The monoisotopic (exact) mass is 245 g/mol. The van der Waals surface area contributed by atoms with Gasteiger partial charge in [0.2, 0.25) is 0 Å². The molecule has 1 fully saturated rings. The average Bonchev–Trinajstić information content (AvgIpc) is 2.71. The SMILES string of the molecule is O=C(O)CNC1c2ccccc2C2CCCCC21. The Balaban J connectivity index is 1.89. The van der Waals surface area contributed by atoms with Gasteiger partial charge in [0.1, 0.15) is 0 Å². The molecule has 2 aliphatic rings. The predicted molar refractivity (Wildman–Crippen MR) is 69.5 cm³/mol. The third-order valence-corrected chi connectivity index (χ3v) is 4.45. The van der Waals surface area contributed by atoms with Crippen molar-refractivity contribution in [3.63, 3.8) is 0 Å². The maximum absolute atomic E-state index is 10.8. The largest absolute Gasteiger partial charge is 0.480 e. The summed E-state index contributed by atoms with van der Waals surface area (Å²) >= 11 is 0. The predicted octanol–water partition coefficient (Wildman–Crippen LogP) is 2.69. The molecule has 2 aliphatic carbocycles. The molecule has 0 bridgehead atoms. The molecule has 0 aliphatic heterocycles. The average molecular weight is 245 g/mol. The zero-order valence-electron chi connectivity index (χ0n) is 10.4. The standard InChI is InChI=1S/C15H19NO2/c17-14(18)9-16-15-12-7-3-1-5-10(12)11-6-2-4-8-13(11)15/h1,3,5,7,11,13,15-16H,2,4,6,8-9H2,(H,17,18). The molecule has 3 nitrogen and oxygen atoms in total. The van der Waals surface area contributed by atoms with Gasteiger partial charge in [-0.15, -0.1) is 0 Å². The van der Waals surface area contributed by atoms with Gasteiger partial charge in [-0.2, -0.15) is 0 Å². The number of rotatable bonds is 3. The van der Waals surface area contributed by atoms with E-state index in [9.17, 15) is 4.79 Å². The van der Waals surface area contributed by atoms with Crippen molar-refractivity contribution in [3.8, 4) is 0 Å². The Morgan fingerprint density at radius 1 is 1.22 bits per heavy atom. The van der Waals surface area contributed by atoms with Gasteiger partial charge >= 0.3 is 5.97 Å². The molecule has 1 saturated carbocycles. The summed E-state index contributed by atoms with van der Waals surface area (Å²) in [4.78, 5) is 10.8. The van der Waals surface area contributed by atoms with Crippen LogP contribution in [0.1, 0.15) is 48.8 Å². The first-order chi connectivity index (χ1) is 8.77. The van der Waals surface area contributed by atoms with Crippen LogP contribution in [0, 0.1) is 5.92 Å². The molecule has 96 valence electrons. The summed E-state index contributed by atoms with van der Waals surface area (Å²) in [6, 6.07) is 8.78. The van der Waals surface area contributed by atoms with Crippen molar-refractivity contribution in [1.82, 2.24) is 5.32 Å². The quantitative estimate of drug-likeness (QED) is 0.860. The van der Waals surface area contributed by atoms with Crippen LogP contribution in [0.2, 0.25) is 0 Å². The second-order valence-electron chi connectivity index (χ2n) is 5.44. The molecule has 0 saturated heterocycles. The normalized spacial score (nSPS) is 29.7. The molecule has 3 atom stereocenters. The third-order valence-electron chi connectivity index (χ3n) is 4.45. The first-order valence-electron chi connectivity index (χ1n) is 6.81. The second-order valence-corrected chi connectivity index (χ2v) is 5.44. The highest BCUT2D eigenvalue weighted by Gasteiger charge is 2.41. The fraction of sp³-hybridized carbons (Fsp3) is 0.533. The lowest BCUT2D eigenvalue weighted by atomic mass is 9.78. The van der Waals surface area contributed by atoms with Crippen molar-refractivity contribution < 1.29 is 9.90 Å². The Morgan fingerprint density at radius 2 is 1.94 bits per heavy atom. The summed E-state index contributed by atoms with van der Waals surface area (Å²) in [5.41, 5.74) is 2.78. The Kier molecular flexibility index (Phi) is 3.08. The molecular formula is C15H19NO2. The summed E-state index contributed by atoms with van der Waals surface area (Å²) in [7, 11) is 0. The van der Waals surface area contributed by atoms with Crippen molar-refractivity contribution in [1.29, 1.82) is 0 Å². The molecule has 2 N–H and O–H groups in total. The smallest absolute Gasteiger partial charge is 0.317 e. The highest BCUT2D eigenvalue weighted by Crippen LogP contribution is 2.51. The molecule has 3 unspecified atom stereocenters. The number of carboxylic acids is 1. The number of carboxylic acid groups (broad SMARTS) is 1. The van der Waals surface area contributed by atoms with E-state index >= 15 is 0 Å². The van der Waals surface area contributed by atoms with Crippen LogP contribution in [0.5, 0.6) is 0 Å². The van der Waals surface area contributed by atoms with Gasteiger partial charge < -0.3 is 5.11 Å². The molecule has 1 aromatic rings. The Bertz CT molecular complexity index is 458. The van der Waals surface area contributed by atoms with Crippen molar-refractivity contribution in [2.45, 2.75) is 37.6 Å². The molecule has 0 aromatic heterocycles. The Morgan fingerprint density at radius 3 is 2.72 bits per heavy atom. The lowest BCUT2D eigenvalue weighted by molar-refractivity contribution is -0.136. The van der Waals surface area contributed by atoms with E-state index in [4.69, 9.17) is 5.11 Å². The lowest BCUT2D eigenvalue weighted by Crippen LogP contribution is -2.32. The van der Waals surface area contributed by atoms with Crippen LogP contribution in [-0.2, 0) is 4.79 Å². The summed E-state index contributed by atoms with van der Waals surface area (Å²) in [5, 5.41) is 12.1. The number of hydrogen-bond acceptors (Lipinski definition) is 2. The molecule has 1 aromatic carbocycles. The molecular weight excluding hydrogens is 226 g/mol. The van der Waals surface area contributed by atoms with Crippen molar-refractivity contribution in [2.75, 3.05) is 6.54 Å². The molecule has 0 amide bonds. The van der Waals surface area contributed by atoms with Crippen LogP contribution in [0.15, 0.2) is 24.3 Å². The molecule has 0 heterocycles. The van der Waals surface area contributed by atoms with E-state index in [2.05, 4.69) is 29.6 Å². The van der Waals surface area contributed by atoms with Crippen molar-refractivity contribution in [3.05, 3.63) is 35.4 Å². The van der Waals surface area contributed by atoms with Crippen LogP contribution in [0.4, 0.5) is 0 Å². The van der Waals surface area contributed by atoms with E-state index in [-0.39, 0.29) is 12.6 Å². The van der Waals surface area contributed by atoms with Crippen LogP contribution < -0.4 is 5.32 Å². The van der Waals surface area contributed by atoms with Crippen molar-refractivity contribution >= 4 is 5.97 Å². The minimum Gasteiger partial charge on any atom is -0.480 e. The van der Waals surface area contributed by atoms with Crippen LogP contribution in [0.25, 0.3) is 0 Å². The van der Waals surface area contributed by atoms with Gasteiger partial charge in [-0.1, -0.05) is 37.1 Å². The van der Waals surface area contributed by atoms with Crippen molar-refractivity contribution in [2.24, 2.45) is 5.92 Å². The Labute approximate surface area is 107 Å². The number of benzene rings is 1. The highest BCUT2D eigenvalue weighted by atomic mass is 16.4. The van der Waals surface area contributed by atoms with E-state index in [0.29, 0.717) is 11.8 Å². The summed E-state index contributed by atoms with van der Waals surface area (Å²) < 4.78 is 0. The summed E-state index contributed by atoms with van der Waals surface area (Å²) in [5.74, 6) is 0.462. The zero-order chi connectivity index (χ0) is 12.5. The Hall–Kier alpha value is -1.35. The van der Waals surface area contributed by atoms with Gasteiger partial charge in [-0.3, -0.25) is 10.1 Å². The number of carbonyl (C=O) groups is 1. The molecule has 3 heteroatoms. The van der Waals surface area contributed by atoms with E-state index < -0.39 is 5.97 Å². The first kappa shape index (κ1) is 11.7. The third kappa shape index (κ3) is 1.93. The molecule has 18 heavy (non-hydrogen) atoms. The van der Waals surface area contributed by atoms with Gasteiger partial charge in [0.15, 0.2) is 0 Å². The molecule has 0 radical (unpaired) electrons. The minimum absolute atomic E-state index is 0.0578. The van der Waals surface area contributed by atoms with Gasteiger partial charge in [0.25, 0.3) is 0 Å². The van der Waals surface area contributed by atoms with E-state index in [1.807, 2.05) is 0 Å². The van der Waals surface area contributed by atoms with Crippen LogP contribution in [-0.4, -0.2) is 17.6 Å². The van der Waals surface area contributed by atoms with Crippen LogP contribution >= 0.6 is 0 Å². The minimum atomic E-state index is -0.772. The number of aliphatic carboxylic acids is 1. The van der Waals surface area contributed by atoms with Crippen LogP contribution in [0.3, 0.4) is 0 Å². The first-order valence-corrected chi connectivity index (χ1v) is 6.81. The number of hydrogen-bond donors (Lipinski definition) is 2.